The molecule has 0 spiro atoms. The number of nitrogens with zero attached hydrogens (tertiary/aromatic N) is 3. The molecule has 30 heavy (non-hydrogen) atoms. The molecule has 1 aromatic heterocycles. The fourth-order valence-corrected chi connectivity index (χ4v) is 3.44. The average molecular weight is 426 g/mol. The van der Waals surface area contributed by atoms with Crippen LogP contribution >= 0.6 is 11.8 Å². The molecule has 0 fully saturated rings. The van der Waals surface area contributed by atoms with Gasteiger partial charge in [0.15, 0.2) is 11.5 Å². The number of thioether (sulfide) groups is 1. The summed E-state index contributed by atoms with van der Waals surface area (Å²) in [5.41, 5.74) is 2.40. The van der Waals surface area contributed by atoms with Crippen molar-refractivity contribution in [3.05, 3.63) is 47.5 Å². The summed E-state index contributed by atoms with van der Waals surface area (Å²) in [6.07, 6.45) is 0. The van der Waals surface area contributed by atoms with Crippen LogP contribution in [-0.2, 0) is 5.75 Å². The summed E-state index contributed by atoms with van der Waals surface area (Å²) in [7, 11) is 0. The first-order valence-corrected chi connectivity index (χ1v) is 10.7. The third-order valence-corrected chi connectivity index (χ3v) is 4.90. The van der Waals surface area contributed by atoms with Gasteiger partial charge in [-0.3, -0.25) is 0 Å². The lowest BCUT2D eigenvalue weighted by molar-refractivity contribution is 0.261. The molecule has 1 heterocycles. The van der Waals surface area contributed by atoms with Crippen molar-refractivity contribution in [3.8, 4) is 34.8 Å². The van der Waals surface area contributed by atoms with Crippen LogP contribution in [0, 0.1) is 11.3 Å². The van der Waals surface area contributed by atoms with Gasteiger partial charge < -0.3 is 18.6 Å². The maximum atomic E-state index is 8.89. The SMILES string of the molecule is CCOc1cc(-c2nnc(SCc3ccc(C#N)cc3)o2)cc(OCC)c1OCC. The number of nitriles is 1. The van der Waals surface area contributed by atoms with Gasteiger partial charge in [-0.1, -0.05) is 23.9 Å². The van der Waals surface area contributed by atoms with Crippen LogP contribution in [0.4, 0.5) is 0 Å². The van der Waals surface area contributed by atoms with Crippen LogP contribution < -0.4 is 14.2 Å². The largest absolute Gasteiger partial charge is 0.490 e. The summed E-state index contributed by atoms with van der Waals surface area (Å²) in [5.74, 6) is 2.75. The van der Waals surface area contributed by atoms with E-state index in [2.05, 4.69) is 16.3 Å². The predicted molar refractivity (Wildman–Crippen MR) is 114 cm³/mol. The molecule has 3 rings (SSSR count). The molecule has 0 bridgehead atoms. The fraction of sp³-hybridized carbons (Fsp3) is 0.318. The van der Waals surface area contributed by atoms with Crippen molar-refractivity contribution >= 4 is 11.8 Å². The Bertz CT molecular complexity index is 985. The second kappa shape index (κ2) is 10.6. The van der Waals surface area contributed by atoms with Crippen LogP contribution in [0.2, 0.25) is 0 Å². The first-order valence-electron chi connectivity index (χ1n) is 9.70. The van der Waals surface area contributed by atoms with Crippen molar-refractivity contribution in [1.82, 2.24) is 10.2 Å². The molecule has 0 aliphatic heterocycles. The second-order valence-electron chi connectivity index (χ2n) is 6.07. The van der Waals surface area contributed by atoms with E-state index in [1.807, 2.05) is 45.0 Å². The normalized spacial score (nSPS) is 10.5. The number of hydrogen-bond acceptors (Lipinski definition) is 8. The van der Waals surface area contributed by atoms with Gasteiger partial charge in [-0.25, -0.2) is 0 Å². The molecule has 0 aliphatic rings. The molecule has 7 nitrogen and oxygen atoms in total. The molecule has 0 aliphatic carbocycles. The van der Waals surface area contributed by atoms with Gasteiger partial charge >= 0.3 is 0 Å². The van der Waals surface area contributed by atoms with Crippen LogP contribution in [0.1, 0.15) is 31.9 Å². The summed E-state index contributed by atoms with van der Waals surface area (Å²) < 4.78 is 23.1. The number of hydrogen-bond donors (Lipinski definition) is 0. The van der Waals surface area contributed by atoms with Crippen molar-refractivity contribution < 1.29 is 18.6 Å². The predicted octanol–water partition coefficient (Wildman–Crippen LogP) is 5.10. The molecule has 0 saturated carbocycles. The molecule has 0 saturated heterocycles. The molecular weight excluding hydrogens is 402 g/mol. The Morgan fingerprint density at radius 1 is 0.933 bits per heavy atom. The molecular formula is C22H23N3O4S. The minimum atomic E-state index is 0.377. The monoisotopic (exact) mass is 425 g/mol. The van der Waals surface area contributed by atoms with Crippen LogP contribution in [0.15, 0.2) is 46.0 Å². The van der Waals surface area contributed by atoms with E-state index in [0.29, 0.717) is 65.1 Å². The number of rotatable bonds is 10. The molecule has 0 unspecified atom stereocenters. The van der Waals surface area contributed by atoms with Gasteiger partial charge in [0.1, 0.15) is 0 Å². The van der Waals surface area contributed by atoms with E-state index in [1.54, 1.807) is 12.1 Å². The molecule has 0 radical (unpaired) electrons. The Morgan fingerprint density at radius 3 is 2.13 bits per heavy atom. The van der Waals surface area contributed by atoms with Gasteiger partial charge in [-0.2, -0.15) is 5.26 Å². The number of ether oxygens (including phenoxy) is 3. The van der Waals surface area contributed by atoms with Gasteiger partial charge in [0, 0.05) is 11.3 Å². The first-order chi connectivity index (χ1) is 14.7. The zero-order valence-electron chi connectivity index (χ0n) is 17.2. The highest BCUT2D eigenvalue weighted by atomic mass is 32.2. The molecule has 0 amide bonds. The molecule has 8 heteroatoms. The van der Waals surface area contributed by atoms with Crippen LogP contribution in [0.3, 0.4) is 0 Å². The van der Waals surface area contributed by atoms with Gasteiger partial charge in [-0.15, -0.1) is 10.2 Å². The van der Waals surface area contributed by atoms with Gasteiger partial charge in [-0.05, 0) is 50.6 Å². The molecule has 2 aromatic carbocycles. The summed E-state index contributed by atoms with van der Waals surface area (Å²) >= 11 is 1.43. The standard InChI is InChI=1S/C22H23N3O4S/c1-4-26-18-11-17(12-19(27-5-2)20(18)28-6-3)21-24-25-22(29-21)30-14-16-9-7-15(13-23)8-10-16/h7-12H,4-6,14H2,1-3H3. The van der Waals surface area contributed by atoms with Crippen molar-refractivity contribution in [3.63, 3.8) is 0 Å². The Hall–Kier alpha value is -3.18. The van der Waals surface area contributed by atoms with E-state index in [0.717, 1.165) is 5.56 Å². The van der Waals surface area contributed by atoms with Crippen LogP contribution in [-0.4, -0.2) is 30.0 Å². The van der Waals surface area contributed by atoms with Crippen LogP contribution in [0.5, 0.6) is 17.2 Å². The highest BCUT2D eigenvalue weighted by Crippen LogP contribution is 2.42. The smallest absolute Gasteiger partial charge is 0.277 e. The lowest BCUT2D eigenvalue weighted by Gasteiger charge is -2.16. The lowest BCUT2D eigenvalue weighted by atomic mass is 10.2. The highest BCUT2D eigenvalue weighted by Gasteiger charge is 2.19. The lowest BCUT2D eigenvalue weighted by Crippen LogP contribution is -2.03. The fourth-order valence-electron chi connectivity index (χ4n) is 2.72. The molecule has 3 aromatic rings. The number of benzene rings is 2. The van der Waals surface area contributed by atoms with Crippen LogP contribution in [0.25, 0.3) is 11.5 Å². The average Bonchev–Trinajstić information content (AvgIpc) is 3.24. The van der Waals surface area contributed by atoms with E-state index in [1.165, 1.54) is 11.8 Å². The zero-order valence-corrected chi connectivity index (χ0v) is 18.0. The van der Waals surface area contributed by atoms with E-state index in [4.69, 9.17) is 23.9 Å². The first kappa shape index (κ1) is 21.5. The van der Waals surface area contributed by atoms with E-state index in [-0.39, 0.29) is 0 Å². The third-order valence-electron chi connectivity index (χ3n) is 4.01. The van der Waals surface area contributed by atoms with Crippen molar-refractivity contribution in [2.75, 3.05) is 19.8 Å². The Morgan fingerprint density at radius 2 is 1.57 bits per heavy atom. The highest BCUT2D eigenvalue weighted by molar-refractivity contribution is 7.98. The third kappa shape index (κ3) is 5.24. The Kier molecular flexibility index (Phi) is 7.57. The summed E-state index contributed by atoms with van der Waals surface area (Å²) in [6.45, 7) is 7.21. The topological polar surface area (TPSA) is 90.4 Å². The maximum Gasteiger partial charge on any atom is 0.277 e. The van der Waals surface area contributed by atoms with Crippen molar-refractivity contribution in [2.24, 2.45) is 0 Å². The Labute approximate surface area is 180 Å². The maximum absolute atomic E-state index is 8.89. The summed E-state index contributed by atoms with van der Waals surface area (Å²) in [6, 6.07) is 13.2. The number of aromatic nitrogens is 2. The summed E-state index contributed by atoms with van der Waals surface area (Å²) in [4.78, 5) is 0. The van der Waals surface area contributed by atoms with E-state index in [9.17, 15) is 0 Å². The molecule has 0 atom stereocenters. The molecule has 0 N–H and O–H groups in total. The van der Waals surface area contributed by atoms with E-state index >= 15 is 0 Å². The quantitative estimate of drug-likeness (QED) is 0.415. The minimum absolute atomic E-state index is 0.377. The van der Waals surface area contributed by atoms with Gasteiger partial charge in [0.2, 0.25) is 11.6 Å². The van der Waals surface area contributed by atoms with E-state index < -0.39 is 0 Å². The zero-order chi connectivity index (χ0) is 21.3. The molecule has 156 valence electrons. The Balaban J connectivity index is 1.81. The van der Waals surface area contributed by atoms with Crippen molar-refractivity contribution in [1.29, 1.82) is 5.26 Å². The van der Waals surface area contributed by atoms with Gasteiger partial charge in [0.05, 0.1) is 31.5 Å². The second-order valence-corrected chi connectivity index (χ2v) is 7.00. The van der Waals surface area contributed by atoms with Crippen molar-refractivity contribution in [2.45, 2.75) is 31.7 Å². The summed E-state index contributed by atoms with van der Waals surface area (Å²) in [5, 5.41) is 17.6. The van der Waals surface area contributed by atoms with Gasteiger partial charge in [0.25, 0.3) is 5.22 Å². The minimum Gasteiger partial charge on any atom is -0.490 e.